The van der Waals surface area contributed by atoms with Crippen LogP contribution in [-0.4, -0.2) is 17.9 Å². The van der Waals surface area contributed by atoms with Gasteiger partial charge in [-0.2, -0.15) is 0 Å². The van der Waals surface area contributed by atoms with Gasteiger partial charge in [0, 0.05) is 24.2 Å². The van der Waals surface area contributed by atoms with Crippen molar-refractivity contribution in [2.75, 3.05) is 7.05 Å². The Morgan fingerprint density at radius 1 is 1.15 bits per heavy atom. The maximum atomic E-state index is 12.2. The summed E-state index contributed by atoms with van der Waals surface area (Å²) >= 11 is 0. The van der Waals surface area contributed by atoms with Crippen molar-refractivity contribution in [1.82, 2.24) is 4.90 Å². The number of nitrogens with zero attached hydrogens (tertiary/aromatic N) is 1. The molecule has 2 nitrogen and oxygen atoms in total. The molecular formula is C18H17NO. The number of amides is 1. The van der Waals surface area contributed by atoms with E-state index in [4.69, 9.17) is 0 Å². The van der Waals surface area contributed by atoms with Crippen molar-refractivity contribution in [1.29, 1.82) is 0 Å². The van der Waals surface area contributed by atoms with Crippen LogP contribution in [0.3, 0.4) is 0 Å². The molecule has 0 bridgehead atoms. The van der Waals surface area contributed by atoms with Gasteiger partial charge in [-0.25, -0.2) is 0 Å². The average molecular weight is 263 g/mol. The lowest BCUT2D eigenvalue weighted by Gasteiger charge is -2.08. The van der Waals surface area contributed by atoms with Gasteiger partial charge >= 0.3 is 0 Å². The van der Waals surface area contributed by atoms with E-state index in [0.29, 0.717) is 0 Å². The Morgan fingerprint density at radius 2 is 1.85 bits per heavy atom. The first-order valence-electron chi connectivity index (χ1n) is 6.75. The van der Waals surface area contributed by atoms with Crippen molar-refractivity contribution in [3.8, 4) is 0 Å². The highest BCUT2D eigenvalue weighted by Gasteiger charge is 2.33. The van der Waals surface area contributed by atoms with Gasteiger partial charge in [-0.3, -0.25) is 4.79 Å². The summed E-state index contributed by atoms with van der Waals surface area (Å²) in [5.74, 6) is 0.134. The zero-order chi connectivity index (χ0) is 14.3. The van der Waals surface area contributed by atoms with Gasteiger partial charge < -0.3 is 4.90 Å². The van der Waals surface area contributed by atoms with Crippen molar-refractivity contribution in [3.63, 3.8) is 0 Å². The fraction of sp³-hybridized carbons (Fsp3) is 0.167. The Bertz CT molecular complexity index is 742. The fourth-order valence-corrected chi connectivity index (χ4v) is 2.64. The standard InChI is InChI=1S/C18H17NO/c1-12-13(2)19(3)18(20)17(12)11-14-8-9-15-6-4-5-7-16(15)10-14/h4-12H,2H2,1,3H3/b17-11-. The highest BCUT2D eigenvalue weighted by Crippen LogP contribution is 2.32. The van der Waals surface area contributed by atoms with Crippen LogP contribution in [0.5, 0.6) is 0 Å². The molecule has 3 rings (SSSR count). The van der Waals surface area contributed by atoms with Crippen LogP contribution >= 0.6 is 0 Å². The van der Waals surface area contributed by atoms with Crippen molar-refractivity contribution in [2.45, 2.75) is 6.92 Å². The van der Waals surface area contributed by atoms with E-state index in [2.05, 4.69) is 36.9 Å². The zero-order valence-electron chi connectivity index (χ0n) is 11.8. The minimum absolute atomic E-state index is 0.0515. The molecule has 1 aliphatic rings. The third kappa shape index (κ3) is 1.94. The Morgan fingerprint density at radius 3 is 2.50 bits per heavy atom. The van der Waals surface area contributed by atoms with Gasteiger partial charge in [-0.05, 0) is 28.5 Å². The Labute approximate surface area is 119 Å². The third-order valence-electron chi connectivity index (χ3n) is 4.04. The van der Waals surface area contributed by atoms with Crippen LogP contribution in [0.1, 0.15) is 12.5 Å². The normalized spacial score (nSPS) is 21.2. The molecule has 0 N–H and O–H groups in total. The van der Waals surface area contributed by atoms with Gasteiger partial charge in [0.2, 0.25) is 0 Å². The maximum absolute atomic E-state index is 12.2. The molecule has 0 aromatic heterocycles. The van der Waals surface area contributed by atoms with Crippen LogP contribution in [-0.2, 0) is 4.79 Å². The van der Waals surface area contributed by atoms with Crippen LogP contribution in [0.4, 0.5) is 0 Å². The SMILES string of the molecule is C=C1C(C)/C(=C/c2ccc3ccccc3c2)C(=O)N1C. The molecule has 0 spiro atoms. The van der Waals surface area contributed by atoms with E-state index in [1.54, 1.807) is 11.9 Å². The number of carbonyl (C=O) groups excluding carboxylic acids is 1. The van der Waals surface area contributed by atoms with Gasteiger partial charge in [0.15, 0.2) is 0 Å². The number of benzene rings is 2. The van der Waals surface area contributed by atoms with Crippen LogP contribution in [0, 0.1) is 5.92 Å². The largest absolute Gasteiger partial charge is 0.315 e. The summed E-state index contributed by atoms with van der Waals surface area (Å²) in [6.07, 6.45) is 1.98. The highest BCUT2D eigenvalue weighted by atomic mass is 16.2. The minimum atomic E-state index is 0.0515. The van der Waals surface area contributed by atoms with Crippen LogP contribution < -0.4 is 0 Å². The zero-order valence-corrected chi connectivity index (χ0v) is 11.8. The molecule has 0 saturated carbocycles. The summed E-state index contributed by atoms with van der Waals surface area (Å²) in [4.78, 5) is 13.8. The van der Waals surface area contributed by atoms with Gasteiger partial charge in [0.1, 0.15) is 0 Å². The summed E-state index contributed by atoms with van der Waals surface area (Å²) in [5.41, 5.74) is 2.73. The number of likely N-dealkylation sites (tertiary alicyclic amines) is 1. The predicted octanol–water partition coefficient (Wildman–Crippen LogP) is 3.85. The first-order valence-corrected chi connectivity index (χ1v) is 6.75. The third-order valence-corrected chi connectivity index (χ3v) is 4.04. The number of likely N-dealkylation sites (N-methyl/N-ethyl adjacent to an activating group) is 1. The average Bonchev–Trinajstić information content (AvgIpc) is 2.65. The monoisotopic (exact) mass is 263 g/mol. The van der Waals surface area contributed by atoms with E-state index in [0.717, 1.165) is 16.8 Å². The van der Waals surface area contributed by atoms with Crippen molar-refractivity contribution in [2.24, 2.45) is 5.92 Å². The molecule has 1 atom stereocenters. The molecule has 0 aliphatic carbocycles. The van der Waals surface area contributed by atoms with E-state index in [9.17, 15) is 4.79 Å². The molecule has 100 valence electrons. The van der Waals surface area contributed by atoms with E-state index < -0.39 is 0 Å². The van der Waals surface area contributed by atoms with E-state index in [-0.39, 0.29) is 11.8 Å². The first-order chi connectivity index (χ1) is 9.58. The Kier molecular flexibility index (Phi) is 2.94. The molecule has 1 aliphatic heterocycles. The summed E-state index contributed by atoms with van der Waals surface area (Å²) in [5, 5.41) is 2.40. The van der Waals surface area contributed by atoms with Gasteiger partial charge in [0.05, 0.1) is 0 Å². The minimum Gasteiger partial charge on any atom is -0.315 e. The van der Waals surface area contributed by atoms with Gasteiger partial charge in [-0.1, -0.05) is 49.9 Å². The van der Waals surface area contributed by atoms with Crippen molar-refractivity contribution in [3.05, 3.63) is 65.9 Å². The lowest BCUT2D eigenvalue weighted by molar-refractivity contribution is -0.122. The van der Waals surface area contributed by atoms with Crippen LogP contribution in [0.15, 0.2) is 60.3 Å². The molecule has 2 heteroatoms. The van der Waals surface area contributed by atoms with Gasteiger partial charge in [0.25, 0.3) is 5.91 Å². The number of rotatable bonds is 1. The molecule has 1 saturated heterocycles. The summed E-state index contributed by atoms with van der Waals surface area (Å²) < 4.78 is 0. The Hall–Kier alpha value is -2.35. The second kappa shape index (κ2) is 4.64. The molecule has 1 heterocycles. The second-order valence-electron chi connectivity index (χ2n) is 5.28. The van der Waals surface area contributed by atoms with Crippen molar-refractivity contribution < 1.29 is 4.79 Å². The number of hydrogen-bond acceptors (Lipinski definition) is 1. The molecule has 0 radical (unpaired) electrons. The smallest absolute Gasteiger partial charge is 0.254 e. The number of hydrogen-bond donors (Lipinski definition) is 0. The summed E-state index contributed by atoms with van der Waals surface area (Å²) in [7, 11) is 1.78. The summed E-state index contributed by atoms with van der Waals surface area (Å²) in [6.45, 7) is 6.00. The molecule has 1 amide bonds. The predicted molar refractivity (Wildman–Crippen MR) is 83.0 cm³/mol. The fourth-order valence-electron chi connectivity index (χ4n) is 2.64. The molecule has 2 aromatic rings. The number of carbonyl (C=O) groups is 1. The second-order valence-corrected chi connectivity index (χ2v) is 5.28. The summed E-state index contributed by atoms with van der Waals surface area (Å²) in [6, 6.07) is 14.5. The van der Waals surface area contributed by atoms with Crippen LogP contribution in [0.25, 0.3) is 16.8 Å². The van der Waals surface area contributed by atoms with E-state index in [1.165, 1.54) is 10.8 Å². The quantitative estimate of drug-likeness (QED) is 0.716. The van der Waals surface area contributed by atoms with E-state index >= 15 is 0 Å². The molecule has 1 fully saturated rings. The first kappa shape index (κ1) is 12.7. The lowest BCUT2D eigenvalue weighted by Crippen LogP contribution is -2.17. The number of fused-ring (bicyclic) bond motifs is 1. The Balaban J connectivity index is 2.06. The van der Waals surface area contributed by atoms with Crippen LogP contribution in [0.2, 0.25) is 0 Å². The molecular weight excluding hydrogens is 246 g/mol. The van der Waals surface area contributed by atoms with E-state index in [1.807, 2.05) is 25.1 Å². The number of allylic oxidation sites excluding steroid dienone is 1. The van der Waals surface area contributed by atoms with Gasteiger partial charge in [-0.15, -0.1) is 0 Å². The molecule has 2 aromatic carbocycles. The molecule has 1 unspecified atom stereocenters. The topological polar surface area (TPSA) is 20.3 Å². The molecule has 20 heavy (non-hydrogen) atoms. The lowest BCUT2D eigenvalue weighted by atomic mass is 9.98. The van der Waals surface area contributed by atoms with Crippen molar-refractivity contribution >= 4 is 22.8 Å². The highest BCUT2D eigenvalue weighted by molar-refractivity contribution is 6.03. The maximum Gasteiger partial charge on any atom is 0.254 e.